The molecule has 3 fully saturated rings. The summed E-state index contributed by atoms with van der Waals surface area (Å²) in [6.07, 6.45) is 10.3. The SMILES string of the molecule is CCCCCC(F)C(=O)O[C@H]1CC[C@H]2[C@H]3[C@H](CC[C@]12C)[C@H]1CCC(=O)C=C1C[C@H]3C. The predicted molar refractivity (Wildman–Crippen MR) is 116 cm³/mol. The molecule has 0 aromatic heterocycles. The molecule has 168 valence electrons. The molecule has 4 aliphatic rings. The molecule has 0 heterocycles. The number of carbonyl (C=O) groups excluding carboxylic acids is 2. The first-order valence-electron chi connectivity index (χ1n) is 12.4. The second kappa shape index (κ2) is 8.74. The first kappa shape index (κ1) is 22.0. The zero-order valence-electron chi connectivity index (χ0n) is 19.0. The van der Waals surface area contributed by atoms with Crippen LogP contribution in [0.1, 0.15) is 91.4 Å². The van der Waals surface area contributed by atoms with Crippen LogP contribution in [0, 0.1) is 35.0 Å². The highest BCUT2D eigenvalue weighted by atomic mass is 19.1. The first-order valence-corrected chi connectivity index (χ1v) is 12.4. The molecule has 0 bridgehead atoms. The number of fused-ring (bicyclic) bond motifs is 5. The fourth-order valence-corrected chi connectivity index (χ4v) is 7.64. The minimum Gasteiger partial charge on any atom is -0.460 e. The minimum absolute atomic E-state index is 0.0278. The number of allylic oxidation sites excluding steroid dienone is 1. The molecular weight excluding hydrogens is 379 g/mol. The van der Waals surface area contributed by atoms with Crippen LogP contribution in [0.2, 0.25) is 0 Å². The maximum atomic E-state index is 14.4. The molecule has 0 spiro atoms. The molecule has 0 aromatic rings. The van der Waals surface area contributed by atoms with E-state index in [1.165, 1.54) is 5.57 Å². The van der Waals surface area contributed by atoms with Crippen LogP contribution in [-0.4, -0.2) is 24.0 Å². The summed E-state index contributed by atoms with van der Waals surface area (Å²) in [6.45, 7) is 6.73. The second-order valence-electron chi connectivity index (χ2n) is 10.9. The summed E-state index contributed by atoms with van der Waals surface area (Å²) in [5.74, 6) is 2.64. The fourth-order valence-electron chi connectivity index (χ4n) is 7.64. The van der Waals surface area contributed by atoms with Crippen LogP contribution >= 0.6 is 0 Å². The molecule has 4 aliphatic carbocycles. The van der Waals surface area contributed by atoms with Gasteiger partial charge in [0.05, 0.1) is 0 Å². The molecule has 4 rings (SSSR count). The average molecular weight is 419 g/mol. The summed E-state index contributed by atoms with van der Waals surface area (Å²) in [7, 11) is 0. The summed E-state index contributed by atoms with van der Waals surface area (Å²) in [6, 6.07) is 0. The lowest BCUT2D eigenvalue weighted by Crippen LogP contribution is -2.51. The number of hydrogen-bond acceptors (Lipinski definition) is 3. The fraction of sp³-hybridized carbons (Fsp3) is 0.846. The third kappa shape index (κ3) is 3.88. The van der Waals surface area contributed by atoms with Gasteiger partial charge in [-0.25, -0.2) is 9.18 Å². The maximum absolute atomic E-state index is 14.4. The lowest BCUT2D eigenvalue weighted by molar-refractivity contribution is -0.165. The molecule has 4 heteroatoms. The van der Waals surface area contributed by atoms with Crippen molar-refractivity contribution in [1.82, 2.24) is 0 Å². The number of ketones is 1. The molecule has 0 aromatic carbocycles. The van der Waals surface area contributed by atoms with Gasteiger partial charge in [-0.15, -0.1) is 0 Å². The second-order valence-corrected chi connectivity index (χ2v) is 10.9. The smallest absolute Gasteiger partial charge is 0.341 e. The van der Waals surface area contributed by atoms with E-state index in [-0.39, 0.29) is 17.9 Å². The lowest BCUT2D eigenvalue weighted by atomic mass is 9.49. The van der Waals surface area contributed by atoms with E-state index in [9.17, 15) is 14.0 Å². The van der Waals surface area contributed by atoms with Crippen LogP contribution in [0.3, 0.4) is 0 Å². The average Bonchev–Trinajstić information content (AvgIpc) is 3.03. The zero-order valence-corrected chi connectivity index (χ0v) is 19.0. The van der Waals surface area contributed by atoms with Crippen LogP contribution < -0.4 is 0 Å². The number of hydrogen-bond donors (Lipinski definition) is 0. The normalized spacial score (nSPS) is 41.3. The number of ether oxygens (including phenoxy) is 1. The molecule has 0 amide bonds. The van der Waals surface area contributed by atoms with Gasteiger partial charge in [0.25, 0.3) is 0 Å². The van der Waals surface area contributed by atoms with E-state index in [1.54, 1.807) is 0 Å². The maximum Gasteiger partial charge on any atom is 0.341 e. The third-order valence-electron chi connectivity index (χ3n) is 9.13. The van der Waals surface area contributed by atoms with Gasteiger partial charge in [-0.3, -0.25) is 4.79 Å². The van der Waals surface area contributed by atoms with E-state index in [2.05, 4.69) is 20.8 Å². The van der Waals surface area contributed by atoms with Crippen LogP contribution in [0.15, 0.2) is 11.6 Å². The highest BCUT2D eigenvalue weighted by Crippen LogP contribution is 2.63. The molecule has 1 unspecified atom stereocenters. The zero-order chi connectivity index (χ0) is 21.5. The van der Waals surface area contributed by atoms with Gasteiger partial charge in [-0.2, -0.15) is 0 Å². The topological polar surface area (TPSA) is 43.4 Å². The summed E-state index contributed by atoms with van der Waals surface area (Å²) in [4.78, 5) is 24.4. The van der Waals surface area contributed by atoms with Crippen LogP contribution in [0.5, 0.6) is 0 Å². The van der Waals surface area contributed by atoms with E-state index in [1.807, 2.05) is 6.08 Å². The Hall–Kier alpha value is -1.19. The van der Waals surface area contributed by atoms with Crippen LogP contribution in [0.4, 0.5) is 4.39 Å². The summed E-state index contributed by atoms with van der Waals surface area (Å²) < 4.78 is 20.2. The monoisotopic (exact) mass is 418 g/mol. The number of esters is 1. The van der Waals surface area contributed by atoms with Crippen molar-refractivity contribution in [1.29, 1.82) is 0 Å². The molecule has 0 N–H and O–H groups in total. The molecule has 30 heavy (non-hydrogen) atoms. The number of unbranched alkanes of at least 4 members (excludes halogenated alkanes) is 2. The number of alkyl halides is 1. The van der Waals surface area contributed by atoms with Crippen molar-refractivity contribution in [2.75, 3.05) is 0 Å². The largest absolute Gasteiger partial charge is 0.460 e. The van der Waals surface area contributed by atoms with Crippen molar-refractivity contribution in [3.63, 3.8) is 0 Å². The van der Waals surface area contributed by atoms with E-state index < -0.39 is 12.1 Å². The third-order valence-corrected chi connectivity index (χ3v) is 9.13. The van der Waals surface area contributed by atoms with Gasteiger partial charge < -0.3 is 4.74 Å². The van der Waals surface area contributed by atoms with E-state index in [0.717, 1.165) is 57.8 Å². The van der Waals surface area contributed by atoms with Crippen molar-refractivity contribution in [2.45, 2.75) is 104 Å². The Balaban J connectivity index is 1.45. The Morgan fingerprint density at radius 1 is 1.27 bits per heavy atom. The molecule has 8 atom stereocenters. The number of halogens is 1. The van der Waals surface area contributed by atoms with Crippen molar-refractivity contribution in [3.05, 3.63) is 11.6 Å². The van der Waals surface area contributed by atoms with Crippen molar-refractivity contribution < 1.29 is 18.7 Å². The Morgan fingerprint density at radius 2 is 2.07 bits per heavy atom. The predicted octanol–water partition coefficient (Wildman–Crippen LogP) is 6.20. The minimum atomic E-state index is -1.48. The van der Waals surface area contributed by atoms with E-state index in [0.29, 0.717) is 41.8 Å². The Kier molecular flexibility index (Phi) is 6.42. The highest BCUT2D eigenvalue weighted by molar-refractivity contribution is 5.91. The van der Waals surface area contributed by atoms with Gasteiger partial charge in [0.15, 0.2) is 12.0 Å². The number of carbonyl (C=O) groups is 2. The Labute approximate surface area is 181 Å². The van der Waals surface area contributed by atoms with Crippen molar-refractivity contribution >= 4 is 11.8 Å². The van der Waals surface area contributed by atoms with E-state index >= 15 is 0 Å². The molecule has 3 nitrogen and oxygen atoms in total. The van der Waals surface area contributed by atoms with Gasteiger partial charge in [0.1, 0.15) is 6.10 Å². The summed E-state index contributed by atoms with van der Waals surface area (Å²) >= 11 is 0. The molecule has 0 saturated heterocycles. The van der Waals surface area contributed by atoms with Gasteiger partial charge in [0, 0.05) is 11.8 Å². The van der Waals surface area contributed by atoms with Gasteiger partial charge >= 0.3 is 5.97 Å². The highest BCUT2D eigenvalue weighted by Gasteiger charge is 2.59. The van der Waals surface area contributed by atoms with Gasteiger partial charge in [-0.1, -0.05) is 39.2 Å². The summed E-state index contributed by atoms with van der Waals surface area (Å²) in [5, 5.41) is 0. The molecule has 3 saturated carbocycles. The standard InChI is InChI=1S/C26H39FO3/c1-4-5-6-7-22(27)25(29)30-23-11-10-21-24-16(2)14-17-15-18(28)8-9-19(17)20(24)12-13-26(21,23)3/h15-16,19-24H,4-14H2,1-3H3/t16-,19+,20-,21+,22?,23+,24-,26+/m1/s1. The van der Waals surface area contributed by atoms with E-state index in [4.69, 9.17) is 4.74 Å². The van der Waals surface area contributed by atoms with Crippen molar-refractivity contribution in [2.24, 2.45) is 35.0 Å². The van der Waals surface area contributed by atoms with Crippen LogP contribution in [-0.2, 0) is 14.3 Å². The molecule has 0 aliphatic heterocycles. The quantitative estimate of drug-likeness (QED) is 0.381. The summed E-state index contributed by atoms with van der Waals surface area (Å²) in [5.41, 5.74) is 1.37. The van der Waals surface area contributed by atoms with Gasteiger partial charge in [0.2, 0.25) is 0 Å². The van der Waals surface area contributed by atoms with Crippen LogP contribution in [0.25, 0.3) is 0 Å². The first-order chi connectivity index (χ1) is 14.3. The Bertz CT molecular complexity index is 700. The van der Waals surface area contributed by atoms with Crippen molar-refractivity contribution in [3.8, 4) is 0 Å². The van der Waals surface area contributed by atoms with Gasteiger partial charge in [-0.05, 0) is 87.0 Å². The molecular formula is C26H39FO3. The molecule has 0 radical (unpaired) electrons. The Morgan fingerprint density at radius 3 is 2.83 bits per heavy atom. The number of rotatable bonds is 6. The lowest BCUT2D eigenvalue weighted by Gasteiger charge is -2.55.